The topological polar surface area (TPSA) is 56.3 Å². The van der Waals surface area contributed by atoms with E-state index >= 15 is 0 Å². The normalized spacial score (nSPS) is 21.3. The van der Waals surface area contributed by atoms with Crippen molar-refractivity contribution in [1.29, 1.82) is 0 Å². The molecule has 1 aliphatic carbocycles. The van der Waals surface area contributed by atoms with Gasteiger partial charge in [-0.2, -0.15) is 9.97 Å². The number of hydrogen-bond acceptors (Lipinski definition) is 5. The summed E-state index contributed by atoms with van der Waals surface area (Å²) < 4.78 is 0. The van der Waals surface area contributed by atoms with Gasteiger partial charge < -0.3 is 20.4 Å². The van der Waals surface area contributed by atoms with Gasteiger partial charge in [-0.05, 0) is 57.2 Å². The van der Waals surface area contributed by atoms with Gasteiger partial charge in [0.25, 0.3) is 0 Å². The third-order valence-electron chi connectivity index (χ3n) is 5.97. The monoisotopic (exact) mass is 388 g/mol. The average Bonchev–Trinajstić information content (AvgIpc) is 3.24. The lowest BCUT2D eigenvalue weighted by Crippen LogP contribution is -2.39. The van der Waals surface area contributed by atoms with Crippen LogP contribution in [0.15, 0.2) is 6.07 Å². The van der Waals surface area contributed by atoms with Crippen LogP contribution in [0.5, 0.6) is 0 Å². The van der Waals surface area contributed by atoms with E-state index in [4.69, 9.17) is 22.2 Å². The van der Waals surface area contributed by atoms with Crippen LogP contribution in [0.25, 0.3) is 0 Å². The summed E-state index contributed by atoms with van der Waals surface area (Å²) >= 11 is 5.57. The van der Waals surface area contributed by atoms with Crippen molar-refractivity contribution in [2.24, 2.45) is 0 Å². The van der Waals surface area contributed by atoms with Gasteiger partial charge in [0.1, 0.15) is 11.6 Å². The molecule has 148 valence electrons. The molecule has 2 saturated heterocycles. The third kappa shape index (κ3) is 5.00. The van der Waals surface area contributed by atoms with E-state index in [1.807, 2.05) is 0 Å². The van der Waals surface area contributed by atoms with Crippen molar-refractivity contribution < 1.29 is 0 Å². The van der Waals surface area contributed by atoms with Gasteiger partial charge in [-0.25, -0.2) is 0 Å². The molecule has 1 aromatic rings. The molecular formula is C20H32N6S. The van der Waals surface area contributed by atoms with Crippen molar-refractivity contribution >= 4 is 34.9 Å². The van der Waals surface area contributed by atoms with Crippen LogP contribution in [0.1, 0.15) is 64.2 Å². The molecule has 2 aliphatic heterocycles. The Bertz CT molecular complexity index is 633. The second-order valence-electron chi connectivity index (χ2n) is 8.08. The summed E-state index contributed by atoms with van der Waals surface area (Å²) in [5, 5.41) is 7.40. The molecule has 3 fully saturated rings. The van der Waals surface area contributed by atoms with Crippen molar-refractivity contribution in [3.8, 4) is 0 Å². The van der Waals surface area contributed by atoms with E-state index in [2.05, 4.69) is 26.5 Å². The van der Waals surface area contributed by atoms with E-state index in [1.165, 1.54) is 64.2 Å². The molecule has 27 heavy (non-hydrogen) atoms. The van der Waals surface area contributed by atoms with Gasteiger partial charge >= 0.3 is 0 Å². The standard InChI is InChI=1S/C20H32N6S/c27-20(21-16-9-3-1-4-10-16)24-19-22-17(25-11-5-2-6-12-25)15-18(23-19)26-13-7-8-14-26/h15-16H,1-14H2,(H2,21,22,23,24,27). The highest BCUT2D eigenvalue weighted by Gasteiger charge is 2.20. The number of nitrogens with zero attached hydrogens (tertiary/aromatic N) is 4. The fourth-order valence-corrected chi connectivity index (χ4v) is 4.70. The summed E-state index contributed by atoms with van der Waals surface area (Å²) in [6, 6.07) is 2.65. The first-order valence-electron chi connectivity index (χ1n) is 10.7. The summed E-state index contributed by atoms with van der Waals surface area (Å²) in [7, 11) is 0. The van der Waals surface area contributed by atoms with Gasteiger partial charge in [0.05, 0.1) is 0 Å². The van der Waals surface area contributed by atoms with Gasteiger partial charge in [0.15, 0.2) is 5.11 Å². The molecule has 4 rings (SSSR count). The smallest absolute Gasteiger partial charge is 0.232 e. The first-order valence-corrected chi connectivity index (χ1v) is 11.2. The average molecular weight is 389 g/mol. The van der Waals surface area contributed by atoms with Crippen molar-refractivity contribution in [2.45, 2.75) is 70.3 Å². The number of anilines is 3. The van der Waals surface area contributed by atoms with Crippen LogP contribution in [0.2, 0.25) is 0 Å². The van der Waals surface area contributed by atoms with E-state index in [0.717, 1.165) is 37.8 Å². The van der Waals surface area contributed by atoms with E-state index in [0.29, 0.717) is 17.1 Å². The molecular weight excluding hydrogens is 356 g/mol. The van der Waals surface area contributed by atoms with Crippen LogP contribution in [0.3, 0.4) is 0 Å². The zero-order valence-electron chi connectivity index (χ0n) is 16.3. The fraction of sp³-hybridized carbons (Fsp3) is 0.750. The van der Waals surface area contributed by atoms with Crippen LogP contribution in [-0.2, 0) is 0 Å². The Morgan fingerprint density at radius 1 is 0.815 bits per heavy atom. The number of piperidine rings is 1. The Labute approximate surface area is 168 Å². The van der Waals surface area contributed by atoms with Crippen molar-refractivity contribution in [3.05, 3.63) is 6.07 Å². The summed E-state index contributed by atoms with van der Waals surface area (Å²) in [6.07, 6.45) is 12.6. The molecule has 0 spiro atoms. The summed E-state index contributed by atoms with van der Waals surface area (Å²) in [6.45, 7) is 4.34. The molecule has 7 heteroatoms. The predicted octanol–water partition coefficient (Wildman–Crippen LogP) is 3.69. The Balaban J connectivity index is 1.49. The molecule has 2 N–H and O–H groups in total. The first-order chi connectivity index (χ1) is 13.3. The summed E-state index contributed by atoms with van der Waals surface area (Å²) in [5.74, 6) is 2.70. The third-order valence-corrected chi connectivity index (χ3v) is 6.19. The quantitative estimate of drug-likeness (QED) is 0.763. The van der Waals surface area contributed by atoms with Crippen LogP contribution in [0.4, 0.5) is 17.6 Å². The molecule has 0 bridgehead atoms. The Morgan fingerprint density at radius 2 is 1.33 bits per heavy atom. The van der Waals surface area contributed by atoms with Crippen LogP contribution < -0.4 is 20.4 Å². The van der Waals surface area contributed by atoms with Gasteiger partial charge in [0, 0.05) is 38.3 Å². The lowest BCUT2D eigenvalue weighted by molar-refractivity contribution is 0.414. The zero-order chi connectivity index (χ0) is 18.5. The lowest BCUT2D eigenvalue weighted by atomic mass is 9.96. The molecule has 0 atom stereocenters. The number of hydrogen-bond donors (Lipinski definition) is 2. The molecule has 3 heterocycles. The molecule has 0 unspecified atom stereocenters. The molecule has 1 aromatic heterocycles. The maximum Gasteiger partial charge on any atom is 0.232 e. The van der Waals surface area contributed by atoms with Crippen LogP contribution in [0, 0.1) is 0 Å². The van der Waals surface area contributed by atoms with E-state index < -0.39 is 0 Å². The number of rotatable bonds is 4. The maximum atomic E-state index is 5.57. The second kappa shape index (κ2) is 9.04. The highest BCUT2D eigenvalue weighted by Crippen LogP contribution is 2.26. The molecule has 0 amide bonds. The minimum absolute atomic E-state index is 0.488. The predicted molar refractivity (Wildman–Crippen MR) is 116 cm³/mol. The second-order valence-corrected chi connectivity index (χ2v) is 8.49. The van der Waals surface area contributed by atoms with Gasteiger partial charge in [-0.3, -0.25) is 0 Å². The summed E-state index contributed by atoms with van der Waals surface area (Å²) in [4.78, 5) is 14.4. The summed E-state index contributed by atoms with van der Waals surface area (Å²) in [5.41, 5.74) is 0. The first kappa shape index (κ1) is 18.7. The van der Waals surface area contributed by atoms with Crippen molar-refractivity contribution in [1.82, 2.24) is 15.3 Å². The number of nitrogens with one attached hydrogen (secondary N) is 2. The van der Waals surface area contributed by atoms with E-state index in [1.54, 1.807) is 0 Å². The van der Waals surface area contributed by atoms with Crippen molar-refractivity contribution in [3.63, 3.8) is 0 Å². The molecule has 0 aromatic carbocycles. The maximum absolute atomic E-state index is 5.57. The molecule has 6 nitrogen and oxygen atoms in total. The largest absolute Gasteiger partial charge is 0.360 e. The zero-order valence-corrected chi connectivity index (χ0v) is 17.1. The Kier molecular flexibility index (Phi) is 6.27. The molecule has 3 aliphatic rings. The van der Waals surface area contributed by atoms with Gasteiger partial charge in [-0.1, -0.05) is 19.3 Å². The minimum Gasteiger partial charge on any atom is -0.360 e. The lowest BCUT2D eigenvalue weighted by Gasteiger charge is -2.29. The van der Waals surface area contributed by atoms with Gasteiger partial charge in [-0.15, -0.1) is 0 Å². The van der Waals surface area contributed by atoms with Crippen molar-refractivity contribution in [2.75, 3.05) is 41.3 Å². The van der Waals surface area contributed by atoms with E-state index in [-0.39, 0.29) is 0 Å². The van der Waals surface area contributed by atoms with Crippen LogP contribution in [-0.4, -0.2) is 47.3 Å². The SMILES string of the molecule is S=C(Nc1nc(N2CCCCC2)cc(N2CCCC2)n1)NC1CCCCC1. The molecule has 1 saturated carbocycles. The van der Waals surface area contributed by atoms with Gasteiger partial charge in [0.2, 0.25) is 5.95 Å². The Morgan fingerprint density at radius 3 is 1.93 bits per heavy atom. The van der Waals surface area contributed by atoms with Crippen LogP contribution >= 0.6 is 12.2 Å². The molecule has 0 radical (unpaired) electrons. The fourth-order valence-electron chi connectivity index (χ4n) is 4.44. The highest BCUT2D eigenvalue weighted by molar-refractivity contribution is 7.80. The number of thiocarbonyl (C=S) groups is 1. The Hall–Kier alpha value is -1.63. The van der Waals surface area contributed by atoms with E-state index in [9.17, 15) is 0 Å². The highest BCUT2D eigenvalue weighted by atomic mass is 32.1. The number of aromatic nitrogens is 2. The minimum atomic E-state index is 0.488.